The molecular formula is C12H15FN2O. The molecule has 1 rings (SSSR count). The highest BCUT2D eigenvalue weighted by Gasteiger charge is 2.09. The van der Waals surface area contributed by atoms with Crippen molar-refractivity contribution >= 4 is 0 Å². The molecule has 0 aliphatic heterocycles. The Kier molecular flexibility index (Phi) is 4.74. The van der Waals surface area contributed by atoms with Gasteiger partial charge in [-0.25, -0.2) is 4.39 Å². The van der Waals surface area contributed by atoms with Crippen molar-refractivity contribution in [2.75, 3.05) is 6.61 Å². The number of benzene rings is 1. The highest BCUT2D eigenvalue weighted by atomic mass is 19.1. The van der Waals surface area contributed by atoms with E-state index in [0.29, 0.717) is 30.8 Å². The summed E-state index contributed by atoms with van der Waals surface area (Å²) >= 11 is 0. The van der Waals surface area contributed by atoms with Crippen LogP contribution >= 0.6 is 0 Å². The van der Waals surface area contributed by atoms with Crippen LogP contribution in [0, 0.1) is 17.1 Å². The van der Waals surface area contributed by atoms with Gasteiger partial charge in [-0.1, -0.05) is 0 Å². The van der Waals surface area contributed by atoms with Gasteiger partial charge in [-0.2, -0.15) is 5.26 Å². The average molecular weight is 222 g/mol. The number of hydrogen-bond acceptors (Lipinski definition) is 3. The number of rotatable bonds is 5. The van der Waals surface area contributed by atoms with Crippen LogP contribution in [0.5, 0.6) is 5.75 Å². The summed E-state index contributed by atoms with van der Waals surface area (Å²) in [7, 11) is 0. The molecule has 1 atom stereocenters. The predicted octanol–water partition coefficient (Wildman–Crippen LogP) is 2.53. The monoisotopic (exact) mass is 222 g/mol. The zero-order chi connectivity index (χ0) is 12.0. The van der Waals surface area contributed by atoms with Gasteiger partial charge in [0.05, 0.1) is 12.7 Å². The van der Waals surface area contributed by atoms with E-state index in [2.05, 4.69) is 0 Å². The summed E-state index contributed by atoms with van der Waals surface area (Å²) in [5.41, 5.74) is 6.36. The molecule has 0 fully saturated rings. The summed E-state index contributed by atoms with van der Waals surface area (Å²) in [6.07, 6.45) is 1.11. The molecule has 0 bridgehead atoms. The maximum absolute atomic E-state index is 13.0. The number of unbranched alkanes of at least 4 members (excludes halogenated alkanes) is 1. The van der Waals surface area contributed by atoms with Crippen LogP contribution < -0.4 is 10.5 Å². The Morgan fingerprint density at radius 2 is 2.31 bits per heavy atom. The average Bonchev–Trinajstić information content (AvgIpc) is 2.26. The summed E-state index contributed by atoms with van der Waals surface area (Å²) in [5.74, 6) is 0.269. The third-order valence-corrected chi connectivity index (χ3v) is 2.15. The van der Waals surface area contributed by atoms with Gasteiger partial charge in [-0.15, -0.1) is 0 Å². The van der Waals surface area contributed by atoms with E-state index in [-0.39, 0.29) is 11.9 Å². The molecule has 0 aliphatic carbocycles. The Morgan fingerprint density at radius 3 is 2.94 bits per heavy atom. The lowest BCUT2D eigenvalue weighted by Crippen LogP contribution is -2.09. The number of halogens is 1. The van der Waals surface area contributed by atoms with E-state index in [1.807, 2.05) is 6.07 Å². The number of ether oxygens (including phenoxy) is 1. The van der Waals surface area contributed by atoms with Crippen LogP contribution in [0.4, 0.5) is 4.39 Å². The Bertz CT molecular complexity index is 385. The molecule has 0 aromatic heterocycles. The first-order valence-corrected chi connectivity index (χ1v) is 5.20. The van der Waals surface area contributed by atoms with Gasteiger partial charge in [-0.05, 0) is 31.5 Å². The van der Waals surface area contributed by atoms with Crippen molar-refractivity contribution < 1.29 is 9.13 Å². The maximum atomic E-state index is 13.0. The third-order valence-electron chi connectivity index (χ3n) is 2.15. The van der Waals surface area contributed by atoms with E-state index in [1.54, 1.807) is 13.0 Å². The van der Waals surface area contributed by atoms with Crippen LogP contribution in [0.1, 0.15) is 31.4 Å². The summed E-state index contributed by atoms with van der Waals surface area (Å²) in [6.45, 7) is 2.22. The van der Waals surface area contributed by atoms with Crippen molar-refractivity contribution in [3.05, 3.63) is 29.6 Å². The Hall–Kier alpha value is -1.60. The molecule has 0 heterocycles. The molecule has 0 radical (unpaired) electrons. The normalized spacial score (nSPS) is 11.9. The van der Waals surface area contributed by atoms with E-state index in [1.165, 1.54) is 12.1 Å². The van der Waals surface area contributed by atoms with Gasteiger partial charge in [-0.3, -0.25) is 0 Å². The molecular weight excluding hydrogens is 207 g/mol. The fourth-order valence-corrected chi connectivity index (χ4v) is 1.34. The van der Waals surface area contributed by atoms with Crippen LogP contribution in [-0.4, -0.2) is 6.61 Å². The molecule has 16 heavy (non-hydrogen) atoms. The van der Waals surface area contributed by atoms with Gasteiger partial charge >= 0.3 is 0 Å². The Morgan fingerprint density at radius 1 is 1.56 bits per heavy atom. The van der Waals surface area contributed by atoms with E-state index < -0.39 is 0 Å². The second kappa shape index (κ2) is 6.09. The van der Waals surface area contributed by atoms with Gasteiger partial charge < -0.3 is 10.5 Å². The summed E-state index contributed by atoms with van der Waals surface area (Å²) in [6, 6.07) is 6.05. The number of nitriles is 1. The molecule has 0 amide bonds. The van der Waals surface area contributed by atoms with E-state index in [0.717, 1.165) is 0 Å². The largest absolute Gasteiger partial charge is 0.493 e. The third kappa shape index (κ3) is 3.52. The summed E-state index contributed by atoms with van der Waals surface area (Å²) < 4.78 is 18.5. The van der Waals surface area contributed by atoms with Gasteiger partial charge in [0.2, 0.25) is 0 Å². The minimum Gasteiger partial charge on any atom is -0.493 e. The Labute approximate surface area is 94.6 Å². The van der Waals surface area contributed by atoms with Gasteiger partial charge in [0.25, 0.3) is 0 Å². The SMILES string of the molecule is C[C@H](N)c1cc(F)ccc1OCCCC#N. The number of hydrogen-bond donors (Lipinski definition) is 1. The fraction of sp³-hybridized carbons (Fsp3) is 0.417. The van der Waals surface area contributed by atoms with Crippen LogP contribution in [0.3, 0.4) is 0 Å². The fourth-order valence-electron chi connectivity index (χ4n) is 1.34. The first kappa shape index (κ1) is 12.5. The van der Waals surface area contributed by atoms with E-state index in [9.17, 15) is 4.39 Å². The molecule has 1 aromatic carbocycles. The van der Waals surface area contributed by atoms with Crippen molar-refractivity contribution in [1.29, 1.82) is 5.26 Å². The van der Waals surface area contributed by atoms with Crippen LogP contribution in [-0.2, 0) is 0 Å². The molecule has 0 spiro atoms. The van der Waals surface area contributed by atoms with Gasteiger partial charge in [0, 0.05) is 18.0 Å². The zero-order valence-electron chi connectivity index (χ0n) is 9.24. The van der Waals surface area contributed by atoms with Crippen molar-refractivity contribution in [3.8, 4) is 11.8 Å². The topological polar surface area (TPSA) is 59.0 Å². The molecule has 4 heteroatoms. The van der Waals surface area contributed by atoms with Crippen LogP contribution in [0.25, 0.3) is 0 Å². The molecule has 2 N–H and O–H groups in total. The summed E-state index contributed by atoms with van der Waals surface area (Å²) in [4.78, 5) is 0. The highest BCUT2D eigenvalue weighted by Crippen LogP contribution is 2.24. The molecule has 0 saturated carbocycles. The summed E-state index contributed by atoms with van der Waals surface area (Å²) in [5, 5.41) is 8.37. The lowest BCUT2D eigenvalue weighted by atomic mass is 10.1. The van der Waals surface area contributed by atoms with Crippen molar-refractivity contribution in [2.24, 2.45) is 5.73 Å². The predicted molar refractivity (Wildman–Crippen MR) is 59.3 cm³/mol. The zero-order valence-corrected chi connectivity index (χ0v) is 9.24. The van der Waals surface area contributed by atoms with Crippen molar-refractivity contribution in [3.63, 3.8) is 0 Å². The highest BCUT2D eigenvalue weighted by molar-refractivity contribution is 5.36. The van der Waals surface area contributed by atoms with E-state index >= 15 is 0 Å². The van der Waals surface area contributed by atoms with E-state index in [4.69, 9.17) is 15.7 Å². The quantitative estimate of drug-likeness (QED) is 0.779. The minimum absolute atomic E-state index is 0.276. The lowest BCUT2D eigenvalue weighted by molar-refractivity contribution is 0.307. The molecule has 86 valence electrons. The standard InChI is InChI=1S/C12H15FN2O/c1-9(15)11-8-10(13)4-5-12(11)16-7-3-2-6-14/h4-5,8-9H,2-3,7,15H2,1H3/t9-/m0/s1. The second-order valence-corrected chi connectivity index (χ2v) is 3.58. The Balaban J connectivity index is 2.68. The molecule has 3 nitrogen and oxygen atoms in total. The minimum atomic E-state index is -0.323. The van der Waals surface area contributed by atoms with Crippen molar-refractivity contribution in [2.45, 2.75) is 25.8 Å². The first-order valence-electron chi connectivity index (χ1n) is 5.20. The van der Waals surface area contributed by atoms with Crippen LogP contribution in [0.15, 0.2) is 18.2 Å². The maximum Gasteiger partial charge on any atom is 0.124 e. The smallest absolute Gasteiger partial charge is 0.124 e. The molecule has 0 unspecified atom stereocenters. The first-order chi connectivity index (χ1) is 7.65. The number of nitrogens with zero attached hydrogens (tertiary/aromatic N) is 1. The van der Waals surface area contributed by atoms with Crippen molar-refractivity contribution in [1.82, 2.24) is 0 Å². The molecule has 1 aromatic rings. The molecule has 0 saturated heterocycles. The lowest BCUT2D eigenvalue weighted by Gasteiger charge is -2.13. The van der Waals surface area contributed by atoms with Gasteiger partial charge in [0.15, 0.2) is 0 Å². The second-order valence-electron chi connectivity index (χ2n) is 3.58. The number of nitrogens with two attached hydrogens (primary N) is 1. The molecule has 0 aliphatic rings. The van der Waals surface area contributed by atoms with Gasteiger partial charge in [0.1, 0.15) is 11.6 Å². The van der Waals surface area contributed by atoms with Crippen LogP contribution in [0.2, 0.25) is 0 Å².